The molecule has 0 saturated carbocycles. The summed E-state index contributed by atoms with van der Waals surface area (Å²) in [6.45, 7) is 2.44. The van der Waals surface area contributed by atoms with Crippen molar-refractivity contribution >= 4 is 38.8 Å². The zero-order chi connectivity index (χ0) is 24.5. The quantitative estimate of drug-likeness (QED) is 0.299. The van der Waals surface area contributed by atoms with Gasteiger partial charge in [-0.3, -0.25) is 4.79 Å². The molecule has 6 rings (SSSR count). The van der Waals surface area contributed by atoms with E-state index >= 15 is 0 Å². The number of anilines is 2. The first-order valence-corrected chi connectivity index (χ1v) is 12.8. The van der Waals surface area contributed by atoms with Gasteiger partial charge >= 0.3 is 0 Å². The molecule has 0 amide bonds. The molecule has 1 aliphatic heterocycles. The lowest BCUT2D eigenvalue weighted by molar-refractivity contribution is 0.103. The predicted octanol–water partition coefficient (Wildman–Crippen LogP) is 5.81. The molecular formula is C29H29N5OS. The monoisotopic (exact) mass is 495 g/mol. The average Bonchev–Trinajstić information content (AvgIpc) is 3.38. The summed E-state index contributed by atoms with van der Waals surface area (Å²) in [5.74, 6) is 0.776. The van der Waals surface area contributed by atoms with Crippen LogP contribution in [0.15, 0.2) is 91.1 Å². The Kier molecular flexibility index (Phi) is 5.93. The lowest BCUT2D eigenvalue weighted by atomic mass is 10.0. The Morgan fingerprint density at radius 2 is 1.86 bits per heavy atom. The number of benzene rings is 2. The van der Waals surface area contributed by atoms with Crippen LogP contribution in [0.5, 0.6) is 0 Å². The Labute approximate surface area is 216 Å². The minimum atomic E-state index is -0.223. The van der Waals surface area contributed by atoms with Crippen molar-refractivity contribution in [2.75, 3.05) is 30.3 Å². The van der Waals surface area contributed by atoms with E-state index in [9.17, 15) is 4.79 Å². The number of thiophene rings is 1. The second-order valence-electron chi connectivity index (χ2n) is 8.88. The number of nitrogen functional groups attached to an aromatic ring is 1. The highest BCUT2D eigenvalue weighted by molar-refractivity contribution is 7.22. The van der Waals surface area contributed by atoms with Crippen molar-refractivity contribution in [1.82, 2.24) is 15.3 Å². The maximum absolute atomic E-state index is 13.5. The van der Waals surface area contributed by atoms with E-state index in [1.165, 1.54) is 15.6 Å². The molecular weight excluding hydrogens is 466 g/mol. The molecule has 3 aromatic heterocycles. The van der Waals surface area contributed by atoms with Crippen LogP contribution >= 0.6 is 11.3 Å². The fourth-order valence-electron chi connectivity index (χ4n) is 4.65. The zero-order valence-corrected chi connectivity index (χ0v) is 20.4. The normalized spacial score (nSPS) is 15.8. The van der Waals surface area contributed by atoms with Gasteiger partial charge < -0.3 is 16.0 Å². The van der Waals surface area contributed by atoms with E-state index in [1.54, 1.807) is 23.6 Å². The van der Waals surface area contributed by atoms with E-state index in [0.717, 1.165) is 35.9 Å². The van der Waals surface area contributed by atoms with Gasteiger partial charge in [-0.1, -0.05) is 54.6 Å². The fraction of sp³-hybridized carbons (Fsp3) is 0.138. The first kappa shape index (κ1) is 22.4. The van der Waals surface area contributed by atoms with E-state index in [-0.39, 0.29) is 20.5 Å². The number of pyridine rings is 2. The van der Waals surface area contributed by atoms with Crippen LogP contribution in [0.2, 0.25) is 0 Å². The number of nitrogens with one attached hydrogen (secondary N) is 1. The number of ketones is 1. The Hall–Kier alpha value is -4.07. The Morgan fingerprint density at radius 3 is 2.72 bits per heavy atom. The van der Waals surface area contributed by atoms with Crippen molar-refractivity contribution < 1.29 is 7.65 Å². The number of hydrogen-bond donors (Lipinski definition) is 2. The minimum absolute atomic E-state index is 0. The van der Waals surface area contributed by atoms with Gasteiger partial charge in [-0.05, 0) is 41.3 Å². The van der Waals surface area contributed by atoms with E-state index < -0.39 is 0 Å². The first-order chi connectivity index (χ1) is 17.7. The van der Waals surface area contributed by atoms with Crippen LogP contribution in [0.1, 0.15) is 30.5 Å². The number of nitrogens with zero attached hydrogens (tertiary/aromatic N) is 3. The van der Waals surface area contributed by atoms with Gasteiger partial charge in [-0.15, -0.1) is 11.3 Å². The molecule has 0 aliphatic carbocycles. The molecule has 0 radical (unpaired) electrons. The van der Waals surface area contributed by atoms with Crippen molar-refractivity contribution in [3.8, 4) is 10.4 Å². The molecule has 1 aliphatic rings. The first-order valence-electron chi connectivity index (χ1n) is 12.0. The number of aromatic nitrogens is 2. The second kappa shape index (κ2) is 9.53. The second-order valence-corrected chi connectivity index (χ2v) is 9.96. The van der Waals surface area contributed by atoms with Gasteiger partial charge in [0.05, 0.1) is 5.56 Å². The van der Waals surface area contributed by atoms with Crippen LogP contribution in [0.3, 0.4) is 0 Å². The number of carbonyl (C=O) groups excluding carboxylic acids is 1. The van der Waals surface area contributed by atoms with Crippen LogP contribution in [0.4, 0.5) is 11.6 Å². The maximum atomic E-state index is 13.5. The van der Waals surface area contributed by atoms with Gasteiger partial charge in [0.15, 0.2) is 0 Å². The van der Waals surface area contributed by atoms with Gasteiger partial charge in [0, 0.05) is 49.9 Å². The van der Waals surface area contributed by atoms with Crippen LogP contribution in [0.25, 0.3) is 20.5 Å². The summed E-state index contributed by atoms with van der Waals surface area (Å²) in [4.78, 5) is 25.9. The number of carbonyl (C=O) groups is 1. The molecule has 36 heavy (non-hydrogen) atoms. The molecule has 4 heterocycles. The molecule has 1 unspecified atom stereocenters. The number of hydrogen-bond acceptors (Lipinski definition) is 7. The summed E-state index contributed by atoms with van der Waals surface area (Å²) in [5.41, 5.74) is 9.02. The van der Waals surface area contributed by atoms with Crippen LogP contribution < -0.4 is 16.0 Å². The summed E-state index contributed by atoms with van der Waals surface area (Å²) in [6, 6.07) is 28.4. The standard InChI is InChI=1S/C29H25N5OS.2H2/c30-29-22(15-21(17-32-29)26-16-20-9-4-5-11-25(20)36-26)28(35)23-10-6-12-27(33-23)34-14-13-31-24(18-34)19-7-2-1-3-8-19;;/h1-12,15-17,24,31H,13-14,18H2,(H2,30,32);2*1H. The molecule has 182 valence electrons. The molecule has 1 fully saturated rings. The Bertz CT molecular complexity index is 1530. The summed E-state index contributed by atoms with van der Waals surface area (Å²) in [7, 11) is 0. The molecule has 0 bridgehead atoms. The third kappa shape index (κ3) is 4.34. The van der Waals surface area contributed by atoms with Crippen LogP contribution in [0, 0.1) is 0 Å². The predicted molar refractivity (Wildman–Crippen MR) is 151 cm³/mol. The summed E-state index contributed by atoms with van der Waals surface area (Å²) in [5, 5.41) is 4.74. The van der Waals surface area contributed by atoms with E-state index in [0.29, 0.717) is 11.3 Å². The lowest BCUT2D eigenvalue weighted by Crippen LogP contribution is -2.46. The highest BCUT2D eigenvalue weighted by Gasteiger charge is 2.23. The lowest BCUT2D eigenvalue weighted by Gasteiger charge is -2.35. The highest BCUT2D eigenvalue weighted by atomic mass is 32.1. The zero-order valence-electron chi connectivity index (χ0n) is 19.6. The smallest absolute Gasteiger partial charge is 0.215 e. The van der Waals surface area contributed by atoms with Gasteiger partial charge in [-0.25, -0.2) is 9.97 Å². The number of rotatable bonds is 5. The third-order valence-electron chi connectivity index (χ3n) is 6.54. The van der Waals surface area contributed by atoms with Crippen LogP contribution in [-0.2, 0) is 0 Å². The van der Waals surface area contributed by atoms with E-state index in [1.807, 2.05) is 36.4 Å². The van der Waals surface area contributed by atoms with Gasteiger partial charge in [0.1, 0.15) is 17.3 Å². The molecule has 5 aromatic rings. The highest BCUT2D eigenvalue weighted by Crippen LogP contribution is 2.34. The van der Waals surface area contributed by atoms with Crippen molar-refractivity contribution in [1.29, 1.82) is 0 Å². The largest absolute Gasteiger partial charge is 0.383 e. The average molecular weight is 496 g/mol. The van der Waals surface area contributed by atoms with Crippen molar-refractivity contribution in [2.45, 2.75) is 6.04 Å². The van der Waals surface area contributed by atoms with Gasteiger partial charge in [0.2, 0.25) is 5.78 Å². The topological polar surface area (TPSA) is 84.1 Å². The Morgan fingerprint density at radius 1 is 1.03 bits per heavy atom. The SMILES string of the molecule is Nc1ncc(-c2cc3ccccc3s2)cc1C(=O)c1cccc(N2CCNC(c3ccccc3)C2)n1.[HH].[HH]. The number of fused-ring (bicyclic) bond motifs is 1. The summed E-state index contributed by atoms with van der Waals surface area (Å²) < 4.78 is 1.19. The molecule has 2 aromatic carbocycles. The van der Waals surface area contributed by atoms with Gasteiger partial charge in [-0.2, -0.15) is 0 Å². The molecule has 7 heteroatoms. The van der Waals surface area contributed by atoms with Crippen molar-refractivity contribution in [3.63, 3.8) is 0 Å². The number of nitrogens with two attached hydrogens (primary N) is 1. The summed E-state index contributed by atoms with van der Waals surface area (Å²) >= 11 is 1.67. The number of piperazine rings is 1. The minimum Gasteiger partial charge on any atom is -0.383 e. The van der Waals surface area contributed by atoms with Crippen molar-refractivity contribution in [3.05, 3.63) is 108 Å². The maximum Gasteiger partial charge on any atom is 0.215 e. The van der Waals surface area contributed by atoms with E-state index in [2.05, 4.69) is 57.7 Å². The van der Waals surface area contributed by atoms with E-state index in [4.69, 9.17) is 10.7 Å². The molecule has 1 atom stereocenters. The molecule has 6 nitrogen and oxygen atoms in total. The van der Waals surface area contributed by atoms with Crippen molar-refractivity contribution in [2.24, 2.45) is 0 Å². The molecule has 0 spiro atoms. The fourth-order valence-corrected chi connectivity index (χ4v) is 5.69. The Balaban J connectivity index is 0.00000168. The molecule has 1 saturated heterocycles. The third-order valence-corrected chi connectivity index (χ3v) is 7.71. The molecule has 3 N–H and O–H groups in total. The van der Waals surface area contributed by atoms with Crippen LogP contribution in [-0.4, -0.2) is 35.4 Å². The van der Waals surface area contributed by atoms with Gasteiger partial charge in [0.25, 0.3) is 0 Å². The summed E-state index contributed by atoms with van der Waals surface area (Å²) in [6.07, 6.45) is 1.73.